The zero-order valence-corrected chi connectivity index (χ0v) is 10.4. The van der Waals surface area contributed by atoms with Gasteiger partial charge in [0.2, 0.25) is 0 Å². The van der Waals surface area contributed by atoms with Gasteiger partial charge in [-0.15, -0.1) is 11.3 Å². The summed E-state index contributed by atoms with van der Waals surface area (Å²) in [7, 11) is 0. The lowest BCUT2D eigenvalue weighted by atomic mass is 10.3. The van der Waals surface area contributed by atoms with Crippen molar-refractivity contribution in [3.05, 3.63) is 52.1 Å². The number of thiophene rings is 1. The van der Waals surface area contributed by atoms with E-state index in [2.05, 4.69) is 0 Å². The Kier molecular flexibility index (Phi) is 4.33. The molecule has 0 aliphatic rings. The molecule has 0 saturated heterocycles. The molecule has 0 radical (unpaired) electrons. The second-order valence-electron chi connectivity index (χ2n) is 3.59. The number of hydrogen-bond donors (Lipinski definition) is 1. The molecule has 5 heteroatoms. The molecule has 4 nitrogen and oxygen atoms in total. The van der Waals surface area contributed by atoms with Crippen molar-refractivity contribution >= 4 is 23.4 Å². The molecule has 0 bridgehead atoms. The van der Waals surface area contributed by atoms with Crippen molar-refractivity contribution < 1.29 is 19.1 Å². The summed E-state index contributed by atoms with van der Waals surface area (Å²) in [6, 6.07) is 5.58. The van der Waals surface area contributed by atoms with Crippen LogP contribution in [0.1, 0.15) is 16.2 Å². The minimum absolute atomic E-state index is 0.436. The Morgan fingerprint density at radius 1 is 1.50 bits per heavy atom. The number of hydrogen-bond acceptors (Lipinski definition) is 4. The van der Waals surface area contributed by atoms with E-state index in [4.69, 9.17) is 14.3 Å². The van der Waals surface area contributed by atoms with Crippen molar-refractivity contribution in [2.75, 3.05) is 0 Å². The average Bonchev–Trinajstić information content (AvgIpc) is 2.97. The lowest BCUT2D eigenvalue weighted by Gasteiger charge is -1.98. The van der Waals surface area contributed by atoms with E-state index in [0.717, 1.165) is 22.3 Å². The molecular weight excluding hydrogens is 252 g/mol. The van der Waals surface area contributed by atoms with Crippen LogP contribution in [0.3, 0.4) is 0 Å². The van der Waals surface area contributed by atoms with Gasteiger partial charge >= 0.3 is 5.97 Å². The van der Waals surface area contributed by atoms with Gasteiger partial charge in [-0.2, -0.15) is 0 Å². The summed E-state index contributed by atoms with van der Waals surface area (Å²) in [5.41, 5.74) is 0.874. The van der Waals surface area contributed by atoms with E-state index in [0.29, 0.717) is 13.2 Å². The molecular formula is C13H12O4S. The lowest BCUT2D eigenvalue weighted by Crippen LogP contribution is -1.90. The van der Waals surface area contributed by atoms with Crippen LogP contribution in [0, 0.1) is 0 Å². The average molecular weight is 264 g/mol. The molecule has 0 saturated carbocycles. The molecule has 0 aliphatic heterocycles. The molecule has 18 heavy (non-hydrogen) atoms. The molecule has 0 aliphatic carbocycles. The van der Waals surface area contributed by atoms with Gasteiger partial charge in [0.05, 0.1) is 12.9 Å². The minimum atomic E-state index is -0.947. The zero-order valence-electron chi connectivity index (χ0n) is 9.54. The molecule has 94 valence electrons. The largest absolute Gasteiger partial charge is 0.478 e. The molecule has 0 atom stereocenters. The second kappa shape index (κ2) is 6.18. The van der Waals surface area contributed by atoms with E-state index in [1.54, 1.807) is 12.3 Å². The van der Waals surface area contributed by atoms with Gasteiger partial charge in [-0.1, -0.05) is 0 Å². The highest BCUT2D eigenvalue weighted by atomic mass is 32.1. The van der Waals surface area contributed by atoms with E-state index in [1.165, 1.54) is 11.3 Å². The molecule has 1 N–H and O–H groups in total. The number of rotatable bonds is 6. The van der Waals surface area contributed by atoms with Crippen molar-refractivity contribution in [1.82, 2.24) is 0 Å². The Labute approximate surface area is 108 Å². The van der Waals surface area contributed by atoms with E-state index in [1.807, 2.05) is 23.6 Å². The van der Waals surface area contributed by atoms with E-state index in [9.17, 15) is 4.79 Å². The molecule has 2 rings (SSSR count). The maximum absolute atomic E-state index is 10.4. The third-order valence-electron chi connectivity index (χ3n) is 2.16. The minimum Gasteiger partial charge on any atom is -0.478 e. The van der Waals surface area contributed by atoms with Crippen LogP contribution in [0.4, 0.5) is 0 Å². The predicted octanol–water partition coefficient (Wildman–Crippen LogP) is 3.16. The van der Waals surface area contributed by atoms with Gasteiger partial charge in [0.15, 0.2) is 0 Å². The first-order valence-corrected chi connectivity index (χ1v) is 6.20. The second-order valence-corrected chi connectivity index (χ2v) is 4.59. The first kappa shape index (κ1) is 12.6. The molecule has 0 unspecified atom stereocenters. The van der Waals surface area contributed by atoms with Crippen LogP contribution in [0.15, 0.2) is 40.3 Å². The summed E-state index contributed by atoms with van der Waals surface area (Å²) < 4.78 is 10.6. The quantitative estimate of drug-likeness (QED) is 0.814. The van der Waals surface area contributed by atoms with Crippen molar-refractivity contribution in [2.24, 2.45) is 0 Å². The van der Waals surface area contributed by atoms with Crippen molar-refractivity contribution in [3.8, 4) is 0 Å². The fourth-order valence-electron chi connectivity index (χ4n) is 1.38. The maximum Gasteiger partial charge on any atom is 0.328 e. The van der Waals surface area contributed by atoms with Crippen LogP contribution >= 0.6 is 11.3 Å². The number of carbonyl (C=O) groups is 1. The normalized spacial score (nSPS) is 11.1. The van der Waals surface area contributed by atoms with E-state index < -0.39 is 5.97 Å². The third kappa shape index (κ3) is 3.87. The van der Waals surface area contributed by atoms with Gasteiger partial charge in [-0.25, -0.2) is 4.79 Å². The zero-order chi connectivity index (χ0) is 12.8. The number of carboxylic acid groups (broad SMARTS) is 1. The Balaban J connectivity index is 1.81. The summed E-state index contributed by atoms with van der Waals surface area (Å²) in [4.78, 5) is 11.4. The first-order chi connectivity index (χ1) is 8.74. The topological polar surface area (TPSA) is 59.7 Å². The Morgan fingerprint density at radius 3 is 3.11 bits per heavy atom. The number of ether oxygens (including phenoxy) is 1. The van der Waals surface area contributed by atoms with Gasteiger partial charge < -0.3 is 14.3 Å². The molecule has 0 amide bonds. The van der Waals surface area contributed by atoms with Crippen LogP contribution in [-0.4, -0.2) is 11.1 Å². The van der Waals surface area contributed by atoms with Crippen LogP contribution in [-0.2, 0) is 22.7 Å². The standard InChI is InChI=1S/C13H12O4S/c14-13(15)4-3-10-6-12(18-9-10)8-16-7-11-2-1-5-17-11/h1-6,9H,7-8H2,(H,14,15). The molecule has 0 spiro atoms. The van der Waals surface area contributed by atoms with Gasteiger partial charge in [0, 0.05) is 11.0 Å². The summed E-state index contributed by atoms with van der Waals surface area (Å²) in [5, 5.41) is 10.4. The Hall–Kier alpha value is -1.85. The fraction of sp³-hybridized carbons (Fsp3) is 0.154. The smallest absolute Gasteiger partial charge is 0.328 e. The van der Waals surface area contributed by atoms with Gasteiger partial charge in [-0.05, 0) is 35.2 Å². The predicted molar refractivity (Wildman–Crippen MR) is 68.2 cm³/mol. The van der Waals surface area contributed by atoms with Crippen LogP contribution in [0.2, 0.25) is 0 Å². The third-order valence-corrected chi connectivity index (χ3v) is 3.09. The molecule has 0 aromatic carbocycles. The van der Waals surface area contributed by atoms with Crippen molar-refractivity contribution in [3.63, 3.8) is 0 Å². The summed E-state index contributed by atoms with van der Waals surface area (Å²) in [5.74, 6) is -0.158. The van der Waals surface area contributed by atoms with Gasteiger partial charge in [0.25, 0.3) is 0 Å². The highest BCUT2D eigenvalue weighted by molar-refractivity contribution is 7.10. The van der Waals surface area contributed by atoms with Crippen molar-refractivity contribution in [2.45, 2.75) is 13.2 Å². The van der Waals surface area contributed by atoms with Crippen LogP contribution in [0.5, 0.6) is 0 Å². The van der Waals surface area contributed by atoms with E-state index >= 15 is 0 Å². The lowest BCUT2D eigenvalue weighted by molar-refractivity contribution is -0.131. The summed E-state index contributed by atoms with van der Waals surface area (Å²) >= 11 is 1.54. The highest BCUT2D eigenvalue weighted by Gasteiger charge is 2.00. The summed E-state index contributed by atoms with van der Waals surface area (Å²) in [6.07, 6.45) is 4.29. The Morgan fingerprint density at radius 2 is 2.39 bits per heavy atom. The first-order valence-electron chi connectivity index (χ1n) is 5.32. The van der Waals surface area contributed by atoms with Crippen molar-refractivity contribution in [1.29, 1.82) is 0 Å². The van der Waals surface area contributed by atoms with Crippen LogP contribution in [0.25, 0.3) is 6.08 Å². The highest BCUT2D eigenvalue weighted by Crippen LogP contribution is 2.17. The van der Waals surface area contributed by atoms with Crippen LogP contribution < -0.4 is 0 Å². The molecule has 2 aromatic heterocycles. The molecule has 2 aromatic rings. The fourth-order valence-corrected chi connectivity index (χ4v) is 2.16. The monoisotopic (exact) mass is 264 g/mol. The van der Waals surface area contributed by atoms with E-state index in [-0.39, 0.29) is 0 Å². The Bertz CT molecular complexity index is 525. The molecule has 0 fully saturated rings. The summed E-state index contributed by atoms with van der Waals surface area (Å²) in [6.45, 7) is 0.928. The number of aliphatic carboxylic acids is 1. The number of carboxylic acids is 1. The molecule has 2 heterocycles. The number of furan rings is 1. The van der Waals surface area contributed by atoms with Gasteiger partial charge in [0.1, 0.15) is 12.4 Å². The SMILES string of the molecule is O=C(O)C=Cc1csc(COCc2ccco2)c1. The van der Waals surface area contributed by atoms with Gasteiger partial charge in [-0.3, -0.25) is 0 Å². The maximum atomic E-state index is 10.4.